The van der Waals surface area contributed by atoms with Gasteiger partial charge in [-0.1, -0.05) is 34.6 Å². The molecule has 1 atom stereocenters. The molecule has 1 fully saturated rings. The maximum Gasteiger partial charge on any atom is 0.188 e. The van der Waals surface area contributed by atoms with Crippen molar-refractivity contribution in [2.45, 2.75) is 59.9 Å². The highest BCUT2D eigenvalue weighted by atomic mass is 127. The fourth-order valence-electron chi connectivity index (χ4n) is 3.29. The second kappa shape index (κ2) is 9.87. The SMILES string of the molecule is CCN1CCCC1CNC(N)=NCC(C)(C)CC(C)C.I. The molecule has 126 valence electrons. The smallest absolute Gasteiger partial charge is 0.188 e. The molecule has 0 saturated carbocycles. The van der Waals surface area contributed by atoms with Crippen molar-refractivity contribution in [3.8, 4) is 0 Å². The van der Waals surface area contributed by atoms with Crippen LogP contribution < -0.4 is 11.1 Å². The molecular formula is C16H35IN4. The number of likely N-dealkylation sites (N-methyl/N-ethyl adjacent to an activating group) is 1. The molecule has 0 aromatic heterocycles. The number of halogens is 1. The third kappa shape index (κ3) is 8.24. The average molecular weight is 410 g/mol. The molecule has 0 aromatic rings. The number of hydrogen-bond acceptors (Lipinski definition) is 2. The van der Waals surface area contributed by atoms with Crippen LogP contribution in [0.4, 0.5) is 0 Å². The molecule has 1 rings (SSSR count). The molecule has 0 bridgehead atoms. The molecule has 1 saturated heterocycles. The lowest BCUT2D eigenvalue weighted by atomic mass is 9.84. The largest absolute Gasteiger partial charge is 0.370 e. The van der Waals surface area contributed by atoms with Gasteiger partial charge in [-0.25, -0.2) is 0 Å². The number of nitrogens with zero attached hydrogens (tertiary/aromatic N) is 2. The van der Waals surface area contributed by atoms with Crippen LogP contribution in [0.25, 0.3) is 0 Å². The summed E-state index contributed by atoms with van der Waals surface area (Å²) in [5, 5.41) is 3.30. The predicted molar refractivity (Wildman–Crippen MR) is 103 cm³/mol. The van der Waals surface area contributed by atoms with Crippen molar-refractivity contribution in [2.75, 3.05) is 26.2 Å². The maximum atomic E-state index is 6.00. The van der Waals surface area contributed by atoms with Crippen LogP contribution in [0.3, 0.4) is 0 Å². The van der Waals surface area contributed by atoms with Gasteiger partial charge >= 0.3 is 0 Å². The number of nitrogens with two attached hydrogens (primary N) is 1. The number of likely N-dealkylation sites (tertiary alicyclic amines) is 1. The van der Waals surface area contributed by atoms with Gasteiger partial charge in [0, 0.05) is 19.1 Å². The highest BCUT2D eigenvalue weighted by Crippen LogP contribution is 2.25. The van der Waals surface area contributed by atoms with E-state index in [9.17, 15) is 0 Å². The van der Waals surface area contributed by atoms with Crippen molar-refractivity contribution in [3.05, 3.63) is 0 Å². The Kier molecular flexibility index (Phi) is 9.85. The second-order valence-corrected chi connectivity index (χ2v) is 7.27. The lowest BCUT2D eigenvalue weighted by Crippen LogP contribution is -2.43. The molecule has 0 spiro atoms. The van der Waals surface area contributed by atoms with Gasteiger partial charge in [-0.05, 0) is 43.7 Å². The molecule has 1 aliphatic rings. The van der Waals surface area contributed by atoms with Gasteiger partial charge in [-0.15, -0.1) is 24.0 Å². The van der Waals surface area contributed by atoms with E-state index in [1.54, 1.807) is 0 Å². The summed E-state index contributed by atoms with van der Waals surface area (Å²) in [5.41, 5.74) is 6.22. The molecular weight excluding hydrogens is 375 g/mol. The molecule has 5 heteroatoms. The van der Waals surface area contributed by atoms with Crippen molar-refractivity contribution >= 4 is 29.9 Å². The number of nitrogens with one attached hydrogen (secondary N) is 1. The predicted octanol–water partition coefficient (Wildman–Crippen LogP) is 3.07. The van der Waals surface area contributed by atoms with Crippen LogP contribution in [-0.2, 0) is 0 Å². The average Bonchev–Trinajstić information content (AvgIpc) is 2.79. The molecule has 1 unspecified atom stereocenters. The maximum absolute atomic E-state index is 6.00. The molecule has 3 N–H and O–H groups in total. The van der Waals surface area contributed by atoms with Gasteiger partial charge in [0.2, 0.25) is 0 Å². The standard InChI is InChI=1S/C16H34N4.HI/c1-6-20-9-7-8-14(20)11-18-15(17)19-12-16(4,5)10-13(2)3;/h13-14H,6-12H2,1-5H3,(H3,17,18,19);1H. The van der Waals surface area contributed by atoms with E-state index in [1.807, 2.05) is 0 Å². The highest BCUT2D eigenvalue weighted by Gasteiger charge is 2.23. The van der Waals surface area contributed by atoms with E-state index in [1.165, 1.54) is 25.8 Å². The van der Waals surface area contributed by atoms with Gasteiger partial charge in [0.05, 0.1) is 0 Å². The van der Waals surface area contributed by atoms with Crippen molar-refractivity contribution in [1.29, 1.82) is 0 Å². The minimum atomic E-state index is 0. The third-order valence-electron chi connectivity index (χ3n) is 4.06. The topological polar surface area (TPSA) is 53.6 Å². The fraction of sp³-hybridized carbons (Fsp3) is 0.938. The zero-order chi connectivity index (χ0) is 15.2. The van der Waals surface area contributed by atoms with E-state index in [-0.39, 0.29) is 29.4 Å². The molecule has 1 aliphatic heterocycles. The van der Waals surface area contributed by atoms with Crippen LogP contribution in [0.1, 0.15) is 53.9 Å². The van der Waals surface area contributed by atoms with Gasteiger partial charge in [-0.2, -0.15) is 0 Å². The summed E-state index contributed by atoms with van der Waals surface area (Å²) in [7, 11) is 0. The fourth-order valence-corrected chi connectivity index (χ4v) is 3.29. The van der Waals surface area contributed by atoms with Gasteiger partial charge in [0.15, 0.2) is 5.96 Å². The van der Waals surface area contributed by atoms with E-state index >= 15 is 0 Å². The molecule has 4 nitrogen and oxygen atoms in total. The van der Waals surface area contributed by atoms with Crippen LogP contribution in [0.5, 0.6) is 0 Å². The van der Waals surface area contributed by atoms with Crippen LogP contribution in [0.15, 0.2) is 4.99 Å². The molecule has 21 heavy (non-hydrogen) atoms. The van der Waals surface area contributed by atoms with Crippen LogP contribution in [0, 0.1) is 11.3 Å². The quantitative estimate of drug-likeness (QED) is 0.385. The van der Waals surface area contributed by atoms with E-state index in [0.29, 0.717) is 17.9 Å². The summed E-state index contributed by atoms with van der Waals surface area (Å²) < 4.78 is 0. The molecule has 0 radical (unpaired) electrons. The van der Waals surface area contributed by atoms with Crippen molar-refractivity contribution < 1.29 is 0 Å². The monoisotopic (exact) mass is 410 g/mol. The number of hydrogen-bond donors (Lipinski definition) is 2. The van der Waals surface area contributed by atoms with Crippen molar-refractivity contribution in [3.63, 3.8) is 0 Å². The lowest BCUT2D eigenvalue weighted by Gasteiger charge is -2.25. The van der Waals surface area contributed by atoms with Crippen LogP contribution in [0.2, 0.25) is 0 Å². The van der Waals surface area contributed by atoms with E-state index in [0.717, 1.165) is 19.6 Å². The first-order valence-electron chi connectivity index (χ1n) is 8.12. The molecule has 0 amide bonds. The molecule has 0 aromatic carbocycles. The first-order chi connectivity index (χ1) is 9.34. The number of guanidine groups is 1. The Hall–Kier alpha value is -0.0400. The first kappa shape index (κ1) is 21.0. The summed E-state index contributed by atoms with van der Waals surface area (Å²) in [4.78, 5) is 7.04. The molecule has 1 heterocycles. The van der Waals surface area contributed by atoms with Gasteiger partial charge < -0.3 is 11.1 Å². The lowest BCUT2D eigenvalue weighted by molar-refractivity contribution is 0.267. The Bertz CT molecular complexity index is 315. The van der Waals surface area contributed by atoms with Gasteiger partial charge in [0.1, 0.15) is 0 Å². The van der Waals surface area contributed by atoms with Crippen LogP contribution >= 0.6 is 24.0 Å². The van der Waals surface area contributed by atoms with E-state index in [4.69, 9.17) is 5.73 Å². The Morgan fingerprint density at radius 2 is 2.10 bits per heavy atom. The normalized spacial score (nSPS) is 20.7. The summed E-state index contributed by atoms with van der Waals surface area (Å²) in [6, 6.07) is 0.623. The number of rotatable bonds is 7. The van der Waals surface area contributed by atoms with Crippen LogP contribution in [-0.4, -0.2) is 43.1 Å². The van der Waals surface area contributed by atoms with E-state index in [2.05, 4.69) is 49.8 Å². The zero-order valence-electron chi connectivity index (χ0n) is 14.5. The minimum absolute atomic E-state index is 0. The summed E-state index contributed by atoms with van der Waals surface area (Å²) in [5.74, 6) is 1.30. The Labute approximate surface area is 148 Å². The highest BCUT2D eigenvalue weighted by molar-refractivity contribution is 14.0. The van der Waals surface area contributed by atoms with E-state index < -0.39 is 0 Å². The Balaban J connectivity index is 0.00000400. The molecule has 0 aliphatic carbocycles. The van der Waals surface area contributed by atoms with Crippen molar-refractivity contribution in [2.24, 2.45) is 22.1 Å². The third-order valence-corrected chi connectivity index (χ3v) is 4.06. The zero-order valence-corrected chi connectivity index (χ0v) is 16.8. The summed E-state index contributed by atoms with van der Waals surface area (Å²) in [6.45, 7) is 15.3. The number of aliphatic imine (C=N–C) groups is 1. The van der Waals surface area contributed by atoms with Gasteiger partial charge in [-0.3, -0.25) is 9.89 Å². The minimum Gasteiger partial charge on any atom is -0.370 e. The summed E-state index contributed by atoms with van der Waals surface area (Å²) in [6.07, 6.45) is 3.75. The summed E-state index contributed by atoms with van der Waals surface area (Å²) >= 11 is 0. The van der Waals surface area contributed by atoms with Gasteiger partial charge in [0.25, 0.3) is 0 Å². The van der Waals surface area contributed by atoms with Crippen molar-refractivity contribution in [1.82, 2.24) is 10.2 Å². The first-order valence-corrected chi connectivity index (χ1v) is 8.12. The Morgan fingerprint density at radius 1 is 1.43 bits per heavy atom. The second-order valence-electron chi connectivity index (χ2n) is 7.27. The Morgan fingerprint density at radius 3 is 2.67 bits per heavy atom.